The van der Waals surface area contributed by atoms with Crippen LogP contribution in [-0.2, 0) is 51.6 Å². The van der Waals surface area contributed by atoms with Crippen LogP contribution in [0.2, 0.25) is 0 Å². The molecule has 2 fully saturated rings. The van der Waals surface area contributed by atoms with Crippen LogP contribution in [0.3, 0.4) is 0 Å². The number of allylic oxidation sites excluding steroid dienone is 2. The molecular weight excluding hydrogens is 636 g/mol. The Labute approximate surface area is 272 Å². The number of carbonyl (C=O) groups is 4. The number of benzene rings is 2. The van der Waals surface area contributed by atoms with Crippen molar-refractivity contribution in [3.8, 4) is 0 Å². The lowest BCUT2D eigenvalue weighted by molar-refractivity contribution is -0.137. The first kappa shape index (κ1) is 36.2. The van der Waals surface area contributed by atoms with Crippen LogP contribution in [0.25, 0.3) is 0 Å². The maximum absolute atomic E-state index is 11.9. The van der Waals surface area contributed by atoms with E-state index in [0.717, 1.165) is 41.0 Å². The zero-order valence-electron chi connectivity index (χ0n) is 25.7. The van der Waals surface area contributed by atoms with E-state index in [2.05, 4.69) is 15.4 Å². The second-order valence-electron chi connectivity index (χ2n) is 10.1. The number of rotatable bonds is 8. The van der Waals surface area contributed by atoms with E-state index in [4.69, 9.17) is 14.2 Å². The summed E-state index contributed by atoms with van der Waals surface area (Å²) < 4.78 is 42.6. The molecule has 2 aromatic rings. The van der Waals surface area contributed by atoms with Crippen LogP contribution in [0.4, 0.5) is 9.59 Å². The second kappa shape index (κ2) is 18.6. The first-order chi connectivity index (χ1) is 22.1. The lowest BCUT2D eigenvalue weighted by Crippen LogP contribution is -2.32. The molecule has 0 aliphatic carbocycles. The molecule has 0 spiro atoms. The zero-order chi connectivity index (χ0) is 33.4. The highest BCUT2D eigenvalue weighted by Crippen LogP contribution is 2.25. The summed E-state index contributed by atoms with van der Waals surface area (Å²) in [6.07, 6.45) is 0.481. The molecule has 0 radical (unpaired) electrons. The average Bonchev–Trinajstić information content (AvgIpc) is 3.09. The topological polar surface area (TPSA) is 163 Å². The van der Waals surface area contributed by atoms with Gasteiger partial charge in [0.25, 0.3) is 0 Å². The Morgan fingerprint density at radius 3 is 1.43 bits per heavy atom. The Balaban J connectivity index is 0.000000251. The van der Waals surface area contributed by atoms with Crippen molar-refractivity contribution < 1.29 is 46.5 Å². The SMILES string of the molecule is COC(=O)C(NC(=O)OCc1ccccc1)=C1CCS(=O)(=O)CC1.COC(=O)C(NC(=O)OCc1ccccc1)=C1CCSCC1. The molecular formula is C32H38N2O10S2. The Morgan fingerprint density at radius 2 is 1.04 bits per heavy atom. The Hall–Kier alpha value is -4.30. The lowest BCUT2D eigenvalue weighted by atomic mass is 10.1. The van der Waals surface area contributed by atoms with Crippen molar-refractivity contribution in [2.24, 2.45) is 0 Å². The number of methoxy groups -OCH3 is 2. The van der Waals surface area contributed by atoms with Crippen LogP contribution < -0.4 is 10.6 Å². The van der Waals surface area contributed by atoms with Gasteiger partial charge in [-0.2, -0.15) is 11.8 Å². The van der Waals surface area contributed by atoms with Crippen molar-refractivity contribution in [2.75, 3.05) is 37.2 Å². The van der Waals surface area contributed by atoms with E-state index in [9.17, 15) is 27.6 Å². The number of alkyl carbamates (subject to hydrolysis) is 2. The number of thioether (sulfide) groups is 1. The van der Waals surface area contributed by atoms with Crippen LogP contribution in [0.5, 0.6) is 0 Å². The van der Waals surface area contributed by atoms with Crippen molar-refractivity contribution in [2.45, 2.75) is 38.9 Å². The quantitative estimate of drug-likeness (QED) is 0.232. The minimum atomic E-state index is -3.09. The third-order valence-electron chi connectivity index (χ3n) is 6.89. The summed E-state index contributed by atoms with van der Waals surface area (Å²) in [6, 6.07) is 18.5. The summed E-state index contributed by atoms with van der Waals surface area (Å²) >= 11 is 1.83. The number of sulfone groups is 1. The predicted molar refractivity (Wildman–Crippen MR) is 172 cm³/mol. The molecule has 0 saturated carbocycles. The average molecular weight is 675 g/mol. The van der Waals surface area contributed by atoms with Crippen LogP contribution in [0, 0.1) is 0 Å². The molecule has 2 heterocycles. The normalized spacial score (nSPS) is 15.2. The van der Waals surface area contributed by atoms with Crippen molar-refractivity contribution in [3.63, 3.8) is 0 Å². The molecule has 2 aliphatic heterocycles. The molecule has 46 heavy (non-hydrogen) atoms. The van der Waals surface area contributed by atoms with Gasteiger partial charge in [0.05, 0.1) is 25.7 Å². The van der Waals surface area contributed by atoms with E-state index in [-0.39, 0.29) is 49.0 Å². The van der Waals surface area contributed by atoms with Gasteiger partial charge >= 0.3 is 24.1 Å². The van der Waals surface area contributed by atoms with Gasteiger partial charge in [-0.1, -0.05) is 60.7 Å². The predicted octanol–water partition coefficient (Wildman–Crippen LogP) is 4.42. The fourth-order valence-electron chi connectivity index (χ4n) is 4.40. The minimum Gasteiger partial charge on any atom is -0.464 e. The van der Waals surface area contributed by atoms with E-state index in [1.54, 1.807) is 12.1 Å². The standard InChI is InChI=1S/C16H19NO6S.C16H19NO4S/c1-22-15(18)14(13-7-9-24(20,21)10-8-13)17-16(19)23-11-12-5-3-2-4-6-12;1-20-15(18)14(13-7-9-22-10-8-13)17-16(19)21-11-12-5-3-2-4-6-12/h2-6H,7-11H2,1H3,(H,17,19);2-6H,7-11H2,1H3,(H,17,19). The summed E-state index contributed by atoms with van der Waals surface area (Å²) in [4.78, 5) is 47.6. The number of amides is 2. The van der Waals surface area contributed by atoms with Crippen molar-refractivity contribution in [1.82, 2.24) is 10.6 Å². The van der Waals surface area contributed by atoms with Crippen molar-refractivity contribution in [3.05, 3.63) is 94.3 Å². The molecule has 0 atom stereocenters. The summed E-state index contributed by atoms with van der Waals surface area (Å²) in [5.41, 5.74) is 3.35. The minimum absolute atomic E-state index is 0.0366. The van der Waals surface area contributed by atoms with Crippen LogP contribution in [0.15, 0.2) is 83.2 Å². The molecule has 2 aliphatic rings. The lowest BCUT2D eigenvalue weighted by Gasteiger charge is -2.18. The molecule has 14 heteroatoms. The summed E-state index contributed by atoms with van der Waals surface area (Å²) in [5.74, 6) is 0.528. The first-order valence-electron chi connectivity index (χ1n) is 14.5. The van der Waals surface area contributed by atoms with E-state index >= 15 is 0 Å². The highest BCUT2D eigenvalue weighted by atomic mass is 32.2. The van der Waals surface area contributed by atoms with Crippen LogP contribution in [0.1, 0.15) is 36.8 Å². The van der Waals surface area contributed by atoms with Crippen molar-refractivity contribution >= 4 is 45.7 Å². The molecule has 4 rings (SSSR count). The van der Waals surface area contributed by atoms with Crippen molar-refractivity contribution in [1.29, 1.82) is 0 Å². The van der Waals surface area contributed by atoms with E-state index in [0.29, 0.717) is 5.57 Å². The monoisotopic (exact) mass is 674 g/mol. The van der Waals surface area contributed by atoms with Crippen LogP contribution >= 0.6 is 11.8 Å². The number of carbonyl (C=O) groups excluding carboxylic acids is 4. The van der Waals surface area contributed by atoms with Gasteiger partial charge in [0.15, 0.2) is 9.84 Å². The third-order valence-corrected chi connectivity index (χ3v) is 9.53. The number of nitrogens with one attached hydrogen (secondary N) is 2. The number of esters is 2. The highest BCUT2D eigenvalue weighted by molar-refractivity contribution is 7.99. The van der Waals surface area contributed by atoms with Gasteiger partial charge in [0, 0.05) is 0 Å². The molecule has 248 valence electrons. The maximum Gasteiger partial charge on any atom is 0.412 e. The van der Waals surface area contributed by atoms with Gasteiger partial charge in [0.1, 0.15) is 24.6 Å². The van der Waals surface area contributed by atoms with Gasteiger partial charge in [-0.15, -0.1) is 0 Å². The molecule has 2 amide bonds. The number of ether oxygens (including phenoxy) is 4. The number of hydrogen-bond donors (Lipinski definition) is 2. The van der Waals surface area contributed by atoms with Gasteiger partial charge in [-0.25, -0.2) is 27.6 Å². The van der Waals surface area contributed by atoms with Gasteiger partial charge in [-0.3, -0.25) is 10.6 Å². The molecule has 2 saturated heterocycles. The molecule has 0 unspecified atom stereocenters. The highest BCUT2D eigenvalue weighted by Gasteiger charge is 2.26. The van der Waals surface area contributed by atoms with Gasteiger partial charge in [-0.05, 0) is 59.5 Å². The maximum atomic E-state index is 11.9. The fourth-order valence-corrected chi connectivity index (χ4v) is 6.70. The second-order valence-corrected chi connectivity index (χ2v) is 13.6. The van der Waals surface area contributed by atoms with E-state index in [1.807, 2.05) is 60.3 Å². The largest absolute Gasteiger partial charge is 0.464 e. The molecule has 0 aromatic heterocycles. The molecule has 0 bridgehead atoms. The Bertz CT molecular complexity index is 1500. The number of hydrogen-bond acceptors (Lipinski definition) is 11. The molecule has 2 N–H and O–H groups in total. The zero-order valence-corrected chi connectivity index (χ0v) is 27.4. The molecule has 12 nitrogen and oxygen atoms in total. The first-order valence-corrected chi connectivity index (χ1v) is 17.4. The van der Waals surface area contributed by atoms with Crippen LogP contribution in [-0.4, -0.2) is 69.8 Å². The van der Waals surface area contributed by atoms with Gasteiger partial charge in [0.2, 0.25) is 0 Å². The summed E-state index contributed by atoms with van der Waals surface area (Å²) in [7, 11) is -0.590. The Kier molecular flexibility index (Phi) is 14.6. The van der Waals surface area contributed by atoms with E-state index in [1.165, 1.54) is 14.2 Å². The molecule has 2 aromatic carbocycles. The Morgan fingerprint density at radius 1 is 0.652 bits per heavy atom. The summed E-state index contributed by atoms with van der Waals surface area (Å²) in [5, 5.41) is 4.93. The third kappa shape index (κ3) is 12.2. The fraction of sp³-hybridized carbons (Fsp3) is 0.375. The smallest absolute Gasteiger partial charge is 0.412 e. The van der Waals surface area contributed by atoms with Gasteiger partial charge < -0.3 is 18.9 Å². The van der Waals surface area contributed by atoms with E-state index < -0.39 is 34.0 Å². The summed E-state index contributed by atoms with van der Waals surface area (Å²) in [6.45, 7) is 0.219.